The average molecular weight is 509 g/mol. The Morgan fingerprint density at radius 3 is 2.62 bits per heavy atom. The lowest BCUT2D eigenvalue weighted by molar-refractivity contribution is 0.0964. The van der Waals surface area contributed by atoms with Gasteiger partial charge >= 0.3 is 6.03 Å². The molecule has 1 aliphatic rings. The molecular formula is C28H40N6O3. The van der Waals surface area contributed by atoms with E-state index in [0.717, 1.165) is 22.5 Å². The first-order valence-electron chi connectivity index (χ1n) is 12.7. The van der Waals surface area contributed by atoms with Crippen LogP contribution in [0.4, 0.5) is 4.79 Å². The molecule has 200 valence electrons. The highest BCUT2D eigenvalue weighted by atomic mass is 16.5. The van der Waals surface area contributed by atoms with E-state index in [-0.39, 0.29) is 18.0 Å². The molecule has 9 heteroatoms. The first kappa shape index (κ1) is 29.4. The van der Waals surface area contributed by atoms with Gasteiger partial charge in [0.15, 0.2) is 5.82 Å². The molecule has 0 bridgehead atoms. The molecule has 3 rings (SSSR count). The molecule has 0 aliphatic carbocycles. The Labute approximate surface area is 220 Å². The van der Waals surface area contributed by atoms with Gasteiger partial charge in [-0.2, -0.15) is 0 Å². The topological polar surface area (TPSA) is 101 Å². The van der Waals surface area contributed by atoms with Crippen molar-refractivity contribution in [2.24, 2.45) is 0 Å². The molecule has 9 nitrogen and oxygen atoms in total. The highest BCUT2D eigenvalue weighted by Crippen LogP contribution is 2.28. The van der Waals surface area contributed by atoms with Crippen molar-refractivity contribution >= 4 is 17.5 Å². The van der Waals surface area contributed by atoms with E-state index in [2.05, 4.69) is 41.3 Å². The zero-order valence-electron chi connectivity index (χ0n) is 23.1. The third kappa shape index (κ3) is 7.55. The lowest BCUT2D eigenvalue weighted by atomic mass is 9.96. The minimum Gasteiger partial charge on any atom is -0.496 e. The molecule has 1 aliphatic heterocycles. The maximum absolute atomic E-state index is 13.0. The van der Waals surface area contributed by atoms with Crippen LogP contribution in [0.2, 0.25) is 0 Å². The predicted molar refractivity (Wildman–Crippen MR) is 147 cm³/mol. The van der Waals surface area contributed by atoms with Crippen LogP contribution in [-0.4, -0.2) is 51.8 Å². The standard InChI is InChI=1S/C26H34N6O3.C2H6/c1-7-27-26(34)31-12-11-20-14-23(35-6)22(13-21(20)15-31)25(33)29-19(5)10-8-9-18(4)24-30-28-16-32(24)17(2)3;1-2/h8-10,13-14,16-17H,5,7,11-12,15H2,1-4,6H3,(H,27,34)(H,29,33);1-2H3/b10-8-,18-9+;. The Morgan fingerprint density at radius 1 is 1.24 bits per heavy atom. The number of allylic oxidation sites excluding steroid dienone is 4. The van der Waals surface area contributed by atoms with Crippen molar-refractivity contribution in [3.8, 4) is 5.75 Å². The van der Waals surface area contributed by atoms with Gasteiger partial charge in [0.2, 0.25) is 0 Å². The third-order valence-corrected chi connectivity index (χ3v) is 5.79. The summed E-state index contributed by atoms with van der Waals surface area (Å²) in [6, 6.07) is 3.83. The fourth-order valence-electron chi connectivity index (χ4n) is 3.91. The second kappa shape index (κ2) is 14.0. The van der Waals surface area contributed by atoms with Crippen LogP contribution in [0.15, 0.2) is 49.0 Å². The first-order valence-corrected chi connectivity index (χ1v) is 12.7. The van der Waals surface area contributed by atoms with Crippen molar-refractivity contribution in [2.75, 3.05) is 20.2 Å². The SMILES string of the molecule is C=C(/C=C\C=C(/C)c1nncn1C(C)C)NC(=O)c1cc2c(cc1OC)CCN(C(=O)NCC)C2.CC. The number of nitrogens with one attached hydrogen (secondary N) is 2. The molecule has 0 radical (unpaired) electrons. The molecule has 0 saturated carbocycles. The molecular weight excluding hydrogens is 468 g/mol. The number of benzene rings is 1. The molecule has 0 fully saturated rings. The number of rotatable bonds is 8. The summed E-state index contributed by atoms with van der Waals surface area (Å²) in [7, 11) is 1.54. The van der Waals surface area contributed by atoms with Crippen LogP contribution in [-0.2, 0) is 13.0 Å². The van der Waals surface area contributed by atoms with Gasteiger partial charge in [-0.3, -0.25) is 4.79 Å². The van der Waals surface area contributed by atoms with Crippen molar-refractivity contribution < 1.29 is 14.3 Å². The van der Waals surface area contributed by atoms with E-state index in [4.69, 9.17) is 4.74 Å². The van der Waals surface area contributed by atoms with E-state index >= 15 is 0 Å². The van der Waals surface area contributed by atoms with Crippen molar-refractivity contribution in [2.45, 2.75) is 60.5 Å². The minimum absolute atomic E-state index is 0.103. The highest BCUT2D eigenvalue weighted by Gasteiger charge is 2.24. The molecule has 0 unspecified atom stereocenters. The maximum atomic E-state index is 13.0. The van der Waals surface area contributed by atoms with Crippen LogP contribution in [0.25, 0.3) is 5.57 Å². The van der Waals surface area contributed by atoms with Crippen molar-refractivity contribution in [1.82, 2.24) is 30.3 Å². The lowest BCUT2D eigenvalue weighted by Crippen LogP contribution is -2.42. The molecule has 1 aromatic carbocycles. The Balaban J connectivity index is 0.00000235. The van der Waals surface area contributed by atoms with Gasteiger partial charge in [0.05, 0.1) is 12.7 Å². The van der Waals surface area contributed by atoms with Crippen molar-refractivity contribution in [3.05, 3.63) is 71.5 Å². The summed E-state index contributed by atoms with van der Waals surface area (Å²) in [5.74, 6) is 0.961. The fourth-order valence-corrected chi connectivity index (χ4v) is 3.91. The number of carbonyl (C=O) groups excluding carboxylic acids is 2. The quantitative estimate of drug-likeness (QED) is 0.495. The summed E-state index contributed by atoms with van der Waals surface area (Å²) in [4.78, 5) is 27.0. The van der Waals surface area contributed by atoms with Crippen molar-refractivity contribution in [3.63, 3.8) is 0 Å². The number of hydrogen-bond donors (Lipinski definition) is 2. The fraction of sp³-hybridized carbons (Fsp3) is 0.429. The van der Waals surface area contributed by atoms with Crippen LogP contribution in [0, 0.1) is 0 Å². The summed E-state index contributed by atoms with van der Waals surface area (Å²) in [6.45, 7) is 17.6. The number of ether oxygens (including phenoxy) is 1. The van der Waals surface area contributed by atoms with Gasteiger partial charge in [-0.25, -0.2) is 4.79 Å². The third-order valence-electron chi connectivity index (χ3n) is 5.79. The van der Waals surface area contributed by atoms with Crippen LogP contribution < -0.4 is 15.4 Å². The molecule has 37 heavy (non-hydrogen) atoms. The number of amides is 3. The Bertz CT molecular complexity index is 1160. The van der Waals surface area contributed by atoms with E-state index in [1.54, 1.807) is 30.5 Å². The van der Waals surface area contributed by atoms with Crippen LogP contribution in [0.3, 0.4) is 0 Å². The van der Waals surface area contributed by atoms with E-state index < -0.39 is 0 Å². The number of nitrogens with zero attached hydrogens (tertiary/aromatic N) is 4. The van der Waals surface area contributed by atoms with Gasteiger partial charge in [0.1, 0.15) is 12.1 Å². The Kier molecular flexibility index (Phi) is 11.1. The lowest BCUT2D eigenvalue weighted by Gasteiger charge is -2.29. The van der Waals surface area contributed by atoms with Crippen molar-refractivity contribution in [1.29, 1.82) is 0 Å². The van der Waals surface area contributed by atoms with Gasteiger partial charge in [0.25, 0.3) is 5.91 Å². The Hall–Kier alpha value is -3.88. The molecule has 0 spiro atoms. The normalized spacial score (nSPS) is 13.1. The number of hydrogen-bond acceptors (Lipinski definition) is 5. The predicted octanol–water partition coefficient (Wildman–Crippen LogP) is 4.88. The van der Waals surface area contributed by atoms with Gasteiger partial charge < -0.3 is 24.8 Å². The number of aromatic nitrogens is 3. The summed E-state index contributed by atoms with van der Waals surface area (Å²) in [6.07, 6.45) is 7.85. The number of urea groups is 1. The molecule has 3 amide bonds. The minimum atomic E-state index is -0.324. The van der Waals surface area contributed by atoms with Gasteiger partial charge in [-0.1, -0.05) is 32.6 Å². The summed E-state index contributed by atoms with van der Waals surface area (Å²) >= 11 is 0. The molecule has 0 atom stereocenters. The van der Waals surface area contributed by atoms with Crippen LogP contribution >= 0.6 is 0 Å². The molecule has 1 aromatic heterocycles. The molecule has 2 heterocycles. The largest absolute Gasteiger partial charge is 0.496 e. The number of methoxy groups -OCH3 is 1. The van der Waals surface area contributed by atoms with E-state index in [0.29, 0.717) is 43.1 Å². The van der Waals surface area contributed by atoms with Gasteiger partial charge in [-0.05, 0) is 69.0 Å². The van der Waals surface area contributed by atoms with E-state index in [1.807, 2.05) is 50.5 Å². The average Bonchev–Trinajstić information content (AvgIpc) is 3.39. The zero-order chi connectivity index (χ0) is 27.5. The number of carbonyl (C=O) groups is 2. The Morgan fingerprint density at radius 2 is 1.97 bits per heavy atom. The van der Waals surface area contributed by atoms with E-state index in [1.165, 1.54) is 0 Å². The van der Waals surface area contributed by atoms with Crippen LogP contribution in [0.1, 0.15) is 74.9 Å². The molecule has 2 aromatic rings. The summed E-state index contributed by atoms with van der Waals surface area (Å²) in [5, 5.41) is 13.8. The maximum Gasteiger partial charge on any atom is 0.317 e. The molecule has 0 saturated heterocycles. The van der Waals surface area contributed by atoms with Gasteiger partial charge in [0, 0.05) is 31.4 Å². The summed E-state index contributed by atoms with van der Waals surface area (Å²) in [5.41, 5.74) is 3.79. The number of fused-ring (bicyclic) bond motifs is 1. The highest BCUT2D eigenvalue weighted by molar-refractivity contribution is 5.98. The van der Waals surface area contributed by atoms with E-state index in [9.17, 15) is 9.59 Å². The smallest absolute Gasteiger partial charge is 0.317 e. The second-order valence-corrected chi connectivity index (χ2v) is 8.67. The van der Waals surface area contributed by atoms with Crippen LogP contribution in [0.5, 0.6) is 5.75 Å². The second-order valence-electron chi connectivity index (χ2n) is 8.67. The monoisotopic (exact) mass is 508 g/mol. The first-order chi connectivity index (χ1) is 17.7. The summed E-state index contributed by atoms with van der Waals surface area (Å²) < 4.78 is 7.48. The molecule has 2 N–H and O–H groups in total. The zero-order valence-corrected chi connectivity index (χ0v) is 23.1. The van der Waals surface area contributed by atoms with Gasteiger partial charge in [-0.15, -0.1) is 10.2 Å².